The molecule has 29 heavy (non-hydrogen) atoms. The maximum Gasteiger partial charge on any atom is 0.310 e. The molecule has 2 aromatic rings. The van der Waals surface area contributed by atoms with Crippen molar-refractivity contribution in [3.05, 3.63) is 76.9 Å². The SMILES string of the molecule is CCOC(=O)[C@@H]1CCCN(CCC=C2c3ccccc3CCc3ccccc32)C1. The van der Waals surface area contributed by atoms with Crippen molar-refractivity contribution in [3.63, 3.8) is 0 Å². The molecule has 4 rings (SSSR count). The Bertz CT molecular complexity index is 836. The van der Waals surface area contributed by atoms with E-state index in [-0.39, 0.29) is 11.9 Å². The van der Waals surface area contributed by atoms with Crippen LogP contribution < -0.4 is 0 Å². The summed E-state index contributed by atoms with van der Waals surface area (Å²) in [6.07, 6.45) is 7.63. The van der Waals surface area contributed by atoms with E-state index >= 15 is 0 Å². The summed E-state index contributed by atoms with van der Waals surface area (Å²) in [5.74, 6) is 0.0119. The van der Waals surface area contributed by atoms with Crippen molar-refractivity contribution in [1.29, 1.82) is 0 Å². The smallest absolute Gasteiger partial charge is 0.310 e. The van der Waals surface area contributed by atoms with E-state index in [9.17, 15) is 4.79 Å². The molecule has 0 amide bonds. The number of carbonyl (C=O) groups excluding carboxylic acids is 1. The first-order valence-corrected chi connectivity index (χ1v) is 11.0. The van der Waals surface area contributed by atoms with E-state index in [1.807, 2.05) is 6.92 Å². The molecule has 3 nitrogen and oxygen atoms in total. The number of benzene rings is 2. The Morgan fingerprint density at radius 2 is 1.72 bits per heavy atom. The van der Waals surface area contributed by atoms with E-state index in [1.54, 1.807) is 0 Å². The molecular formula is C26H31NO2. The molecule has 0 N–H and O–H groups in total. The number of hydrogen-bond acceptors (Lipinski definition) is 3. The van der Waals surface area contributed by atoms with Crippen LogP contribution in [0.15, 0.2) is 54.6 Å². The van der Waals surface area contributed by atoms with Gasteiger partial charge < -0.3 is 9.64 Å². The summed E-state index contributed by atoms with van der Waals surface area (Å²) >= 11 is 0. The Morgan fingerprint density at radius 1 is 1.07 bits per heavy atom. The standard InChI is InChI=1S/C26H31NO2/c1-2-29-26(28)22-11-7-17-27(19-22)18-8-14-25-23-12-5-3-9-20(23)15-16-21-10-4-6-13-24(21)25/h3-6,9-10,12-14,22H,2,7-8,11,15-19H2,1H3/t22-/m1/s1. The van der Waals surface area contributed by atoms with Gasteiger partial charge in [-0.15, -0.1) is 0 Å². The third-order valence-electron chi connectivity index (χ3n) is 6.20. The summed E-state index contributed by atoms with van der Waals surface area (Å²) in [5, 5.41) is 0. The number of likely N-dealkylation sites (tertiary alicyclic amines) is 1. The molecule has 1 atom stereocenters. The van der Waals surface area contributed by atoms with Crippen LogP contribution in [-0.4, -0.2) is 37.1 Å². The van der Waals surface area contributed by atoms with Gasteiger partial charge in [0.15, 0.2) is 0 Å². The fourth-order valence-corrected chi connectivity index (χ4v) is 4.74. The van der Waals surface area contributed by atoms with E-state index in [2.05, 4.69) is 59.5 Å². The topological polar surface area (TPSA) is 29.5 Å². The summed E-state index contributed by atoms with van der Waals surface area (Å²) < 4.78 is 5.24. The average molecular weight is 390 g/mol. The lowest BCUT2D eigenvalue weighted by Crippen LogP contribution is -2.39. The van der Waals surface area contributed by atoms with E-state index in [4.69, 9.17) is 4.74 Å². The lowest BCUT2D eigenvalue weighted by atomic mass is 9.93. The second-order valence-corrected chi connectivity index (χ2v) is 8.11. The number of fused-ring (bicyclic) bond motifs is 2. The molecule has 0 aromatic heterocycles. The van der Waals surface area contributed by atoms with Crippen LogP contribution in [0, 0.1) is 5.92 Å². The highest BCUT2D eigenvalue weighted by atomic mass is 16.5. The molecular weight excluding hydrogens is 358 g/mol. The van der Waals surface area contributed by atoms with Gasteiger partial charge in [0.05, 0.1) is 12.5 Å². The third kappa shape index (κ3) is 4.62. The molecule has 152 valence electrons. The summed E-state index contributed by atoms with van der Waals surface area (Å²) in [6.45, 7) is 5.25. The molecule has 3 heteroatoms. The Labute approximate surface area is 174 Å². The van der Waals surface area contributed by atoms with Gasteiger partial charge in [-0.05, 0) is 73.4 Å². The van der Waals surface area contributed by atoms with Crippen LogP contribution >= 0.6 is 0 Å². The molecule has 2 aliphatic rings. The summed E-state index contributed by atoms with van der Waals surface area (Å²) in [5.41, 5.74) is 7.00. The quantitative estimate of drug-likeness (QED) is 0.683. The summed E-state index contributed by atoms with van der Waals surface area (Å²) in [6, 6.07) is 17.7. The van der Waals surface area contributed by atoms with E-state index in [0.29, 0.717) is 6.61 Å². The van der Waals surface area contributed by atoms with Gasteiger partial charge >= 0.3 is 5.97 Å². The second kappa shape index (κ2) is 9.41. The number of carbonyl (C=O) groups is 1. The van der Waals surface area contributed by atoms with Crippen LogP contribution in [0.4, 0.5) is 0 Å². The van der Waals surface area contributed by atoms with Crippen LogP contribution in [-0.2, 0) is 22.4 Å². The molecule has 0 unspecified atom stereocenters. The minimum absolute atomic E-state index is 0.0258. The van der Waals surface area contributed by atoms with Crippen molar-refractivity contribution in [1.82, 2.24) is 4.90 Å². The van der Waals surface area contributed by atoms with Gasteiger partial charge in [-0.25, -0.2) is 0 Å². The number of nitrogens with zero attached hydrogens (tertiary/aromatic N) is 1. The zero-order valence-electron chi connectivity index (χ0n) is 17.4. The first-order valence-electron chi connectivity index (χ1n) is 11.0. The number of piperidine rings is 1. The zero-order valence-corrected chi connectivity index (χ0v) is 17.4. The molecule has 2 aromatic carbocycles. The minimum Gasteiger partial charge on any atom is -0.466 e. The molecule has 1 fully saturated rings. The van der Waals surface area contributed by atoms with E-state index in [1.165, 1.54) is 27.8 Å². The number of ether oxygens (including phenoxy) is 1. The van der Waals surface area contributed by atoms with Crippen LogP contribution in [0.5, 0.6) is 0 Å². The van der Waals surface area contributed by atoms with Crippen LogP contribution in [0.3, 0.4) is 0 Å². The predicted octanol–water partition coefficient (Wildman–Crippen LogP) is 4.88. The van der Waals surface area contributed by atoms with Crippen LogP contribution in [0.2, 0.25) is 0 Å². The van der Waals surface area contributed by atoms with Gasteiger partial charge in [-0.2, -0.15) is 0 Å². The van der Waals surface area contributed by atoms with Gasteiger partial charge in [0, 0.05) is 13.1 Å². The van der Waals surface area contributed by atoms with Gasteiger partial charge in [-0.3, -0.25) is 4.79 Å². The number of hydrogen-bond donors (Lipinski definition) is 0. The molecule has 0 bridgehead atoms. The molecule has 0 saturated carbocycles. The third-order valence-corrected chi connectivity index (χ3v) is 6.20. The van der Waals surface area contributed by atoms with Gasteiger partial charge in [0.1, 0.15) is 0 Å². The van der Waals surface area contributed by atoms with Crippen molar-refractivity contribution in [2.45, 2.75) is 39.0 Å². The number of rotatable bonds is 5. The molecule has 1 aliphatic heterocycles. The lowest BCUT2D eigenvalue weighted by molar-refractivity contribution is -0.149. The minimum atomic E-state index is -0.0258. The lowest BCUT2D eigenvalue weighted by Gasteiger charge is -2.31. The maximum absolute atomic E-state index is 12.1. The van der Waals surface area contributed by atoms with Crippen molar-refractivity contribution >= 4 is 11.5 Å². The second-order valence-electron chi connectivity index (χ2n) is 8.11. The molecule has 1 aliphatic carbocycles. The Kier molecular flexibility index (Phi) is 6.46. The van der Waals surface area contributed by atoms with Crippen molar-refractivity contribution in [2.24, 2.45) is 5.92 Å². The first kappa shape index (κ1) is 19.9. The normalized spacial score (nSPS) is 19.1. The molecule has 0 spiro atoms. The fourth-order valence-electron chi connectivity index (χ4n) is 4.74. The zero-order chi connectivity index (χ0) is 20.1. The fraction of sp³-hybridized carbons (Fsp3) is 0.423. The molecule has 1 saturated heterocycles. The molecule has 1 heterocycles. The molecule has 0 radical (unpaired) electrons. The first-order chi connectivity index (χ1) is 14.3. The average Bonchev–Trinajstić information content (AvgIpc) is 2.92. The van der Waals surface area contributed by atoms with E-state index < -0.39 is 0 Å². The van der Waals surface area contributed by atoms with Crippen molar-refractivity contribution in [3.8, 4) is 0 Å². The van der Waals surface area contributed by atoms with Gasteiger partial charge in [0.25, 0.3) is 0 Å². The van der Waals surface area contributed by atoms with Crippen LogP contribution in [0.1, 0.15) is 48.4 Å². The highest BCUT2D eigenvalue weighted by Gasteiger charge is 2.26. The highest BCUT2D eigenvalue weighted by Crippen LogP contribution is 2.33. The van der Waals surface area contributed by atoms with Crippen LogP contribution in [0.25, 0.3) is 5.57 Å². The van der Waals surface area contributed by atoms with Gasteiger partial charge in [-0.1, -0.05) is 54.6 Å². The van der Waals surface area contributed by atoms with Crippen molar-refractivity contribution < 1.29 is 9.53 Å². The predicted molar refractivity (Wildman–Crippen MR) is 118 cm³/mol. The summed E-state index contributed by atoms with van der Waals surface area (Å²) in [4.78, 5) is 14.5. The Balaban J connectivity index is 1.50. The van der Waals surface area contributed by atoms with E-state index in [0.717, 1.165) is 51.7 Å². The monoisotopic (exact) mass is 389 g/mol. The van der Waals surface area contributed by atoms with Crippen molar-refractivity contribution in [2.75, 3.05) is 26.2 Å². The number of aryl methyl sites for hydroxylation is 2. The summed E-state index contributed by atoms with van der Waals surface area (Å²) in [7, 11) is 0. The Morgan fingerprint density at radius 3 is 2.38 bits per heavy atom. The Hall–Kier alpha value is -2.39. The van der Waals surface area contributed by atoms with Gasteiger partial charge in [0.2, 0.25) is 0 Å². The maximum atomic E-state index is 12.1. The highest BCUT2D eigenvalue weighted by molar-refractivity contribution is 5.83. The number of esters is 1. The largest absolute Gasteiger partial charge is 0.466 e.